The van der Waals surface area contributed by atoms with Gasteiger partial charge in [-0.15, -0.1) is 0 Å². The van der Waals surface area contributed by atoms with E-state index in [2.05, 4.69) is 22.7 Å². The van der Waals surface area contributed by atoms with Gasteiger partial charge in [-0.3, -0.25) is 5.43 Å². The van der Waals surface area contributed by atoms with Gasteiger partial charge in [0.15, 0.2) is 5.11 Å². The Hall–Kier alpha value is -0.350. The first-order valence-electron chi connectivity index (χ1n) is 5.62. The lowest BCUT2D eigenvalue weighted by atomic mass is 10.2. The molecule has 14 heavy (non-hydrogen) atoms. The molecule has 1 fully saturated rings. The maximum atomic E-state index is 5.18. The monoisotopic (exact) mass is 215 g/mol. The lowest BCUT2D eigenvalue weighted by Crippen LogP contribution is -2.49. The molecule has 82 valence electrons. The van der Waals surface area contributed by atoms with Gasteiger partial charge < -0.3 is 5.32 Å². The second-order valence-electron chi connectivity index (χ2n) is 3.77. The van der Waals surface area contributed by atoms with Crippen LogP contribution in [-0.4, -0.2) is 29.8 Å². The Morgan fingerprint density at radius 2 is 2.00 bits per heavy atom. The topological polar surface area (TPSA) is 27.3 Å². The van der Waals surface area contributed by atoms with Crippen LogP contribution in [0.15, 0.2) is 0 Å². The highest BCUT2D eigenvalue weighted by Gasteiger charge is 2.09. The van der Waals surface area contributed by atoms with E-state index in [4.69, 9.17) is 12.2 Å². The Bertz CT molecular complexity index is 167. The van der Waals surface area contributed by atoms with Crippen LogP contribution in [-0.2, 0) is 0 Å². The molecule has 1 aliphatic rings. The molecule has 0 amide bonds. The summed E-state index contributed by atoms with van der Waals surface area (Å²) in [5.41, 5.74) is 3.23. The first kappa shape index (κ1) is 11.7. The fraction of sp³-hybridized carbons (Fsp3) is 0.900. The van der Waals surface area contributed by atoms with Crippen molar-refractivity contribution < 1.29 is 0 Å². The Labute approximate surface area is 92.2 Å². The molecule has 3 nitrogen and oxygen atoms in total. The van der Waals surface area contributed by atoms with Crippen LogP contribution in [0.25, 0.3) is 0 Å². The molecular formula is C10H21N3S. The molecule has 0 bridgehead atoms. The zero-order valence-electron chi connectivity index (χ0n) is 9.01. The van der Waals surface area contributed by atoms with Gasteiger partial charge in [-0.05, 0) is 31.5 Å². The number of nitrogens with zero attached hydrogens (tertiary/aromatic N) is 1. The van der Waals surface area contributed by atoms with E-state index >= 15 is 0 Å². The molecule has 0 aromatic rings. The highest BCUT2D eigenvalue weighted by molar-refractivity contribution is 7.80. The minimum atomic E-state index is 0.778. The Kier molecular flexibility index (Phi) is 5.87. The summed E-state index contributed by atoms with van der Waals surface area (Å²) in [7, 11) is 0. The van der Waals surface area contributed by atoms with Crippen LogP contribution in [0.3, 0.4) is 0 Å². The molecule has 0 aromatic heterocycles. The summed E-state index contributed by atoms with van der Waals surface area (Å²) < 4.78 is 0. The molecule has 1 rings (SSSR count). The molecule has 1 aliphatic heterocycles. The minimum Gasteiger partial charge on any atom is -0.362 e. The van der Waals surface area contributed by atoms with Gasteiger partial charge in [-0.2, -0.15) is 0 Å². The predicted octanol–water partition coefficient (Wildman–Crippen LogP) is 1.65. The molecule has 0 radical (unpaired) electrons. The number of hydrogen-bond donors (Lipinski definition) is 2. The molecule has 0 aliphatic carbocycles. The van der Waals surface area contributed by atoms with Crippen LogP contribution < -0.4 is 10.7 Å². The number of hydrazine groups is 1. The van der Waals surface area contributed by atoms with Gasteiger partial charge in [-0.25, -0.2) is 5.01 Å². The van der Waals surface area contributed by atoms with Crippen molar-refractivity contribution in [3.63, 3.8) is 0 Å². The van der Waals surface area contributed by atoms with E-state index in [1.807, 2.05) is 0 Å². The van der Waals surface area contributed by atoms with Gasteiger partial charge in [0.05, 0.1) is 0 Å². The van der Waals surface area contributed by atoms with Crippen LogP contribution in [0, 0.1) is 0 Å². The van der Waals surface area contributed by atoms with Crippen LogP contribution in [0.2, 0.25) is 0 Å². The second kappa shape index (κ2) is 7.01. The number of unbranched alkanes of at least 4 members (excludes halogenated alkanes) is 1. The highest BCUT2D eigenvalue weighted by atomic mass is 32.1. The summed E-state index contributed by atoms with van der Waals surface area (Å²) in [6.07, 6.45) is 6.31. The summed E-state index contributed by atoms with van der Waals surface area (Å²) in [6, 6.07) is 0. The fourth-order valence-electron chi connectivity index (χ4n) is 1.57. The van der Waals surface area contributed by atoms with Gasteiger partial charge in [-0.1, -0.05) is 19.8 Å². The number of rotatable bonds is 4. The SMILES string of the molecule is CCCCNC(=S)NN1CCCCC1. The summed E-state index contributed by atoms with van der Waals surface area (Å²) in [5, 5.41) is 6.20. The molecule has 0 spiro atoms. The largest absolute Gasteiger partial charge is 0.362 e. The number of hydrogen-bond acceptors (Lipinski definition) is 2. The quantitative estimate of drug-likeness (QED) is 0.551. The third-order valence-corrected chi connectivity index (χ3v) is 2.67. The minimum absolute atomic E-state index is 0.778. The Morgan fingerprint density at radius 1 is 1.29 bits per heavy atom. The summed E-state index contributed by atoms with van der Waals surface area (Å²) in [6.45, 7) is 5.41. The normalized spacial score (nSPS) is 17.8. The smallest absolute Gasteiger partial charge is 0.181 e. The van der Waals surface area contributed by atoms with E-state index in [1.165, 1.54) is 32.1 Å². The van der Waals surface area contributed by atoms with E-state index in [0.717, 1.165) is 24.7 Å². The zero-order chi connectivity index (χ0) is 10.2. The lowest BCUT2D eigenvalue weighted by Gasteiger charge is -2.28. The van der Waals surface area contributed by atoms with Gasteiger partial charge in [0.25, 0.3) is 0 Å². The highest BCUT2D eigenvalue weighted by Crippen LogP contribution is 2.05. The molecule has 2 N–H and O–H groups in total. The van der Waals surface area contributed by atoms with Crippen molar-refractivity contribution in [2.75, 3.05) is 19.6 Å². The van der Waals surface area contributed by atoms with Crippen molar-refractivity contribution in [2.45, 2.75) is 39.0 Å². The predicted molar refractivity (Wildman–Crippen MR) is 64.1 cm³/mol. The average Bonchev–Trinajstić information content (AvgIpc) is 2.20. The van der Waals surface area contributed by atoms with E-state index in [-0.39, 0.29) is 0 Å². The molecule has 0 saturated carbocycles. The summed E-state index contributed by atoms with van der Waals surface area (Å²) >= 11 is 5.18. The third kappa shape index (κ3) is 4.77. The maximum absolute atomic E-state index is 5.18. The van der Waals surface area contributed by atoms with Crippen molar-refractivity contribution in [3.8, 4) is 0 Å². The Balaban J connectivity index is 2.06. The number of piperidine rings is 1. The first-order chi connectivity index (χ1) is 6.83. The fourth-order valence-corrected chi connectivity index (χ4v) is 1.80. The van der Waals surface area contributed by atoms with Crippen molar-refractivity contribution in [2.24, 2.45) is 0 Å². The second-order valence-corrected chi connectivity index (χ2v) is 4.18. The Morgan fingerprint density at radius 3 is 2.64 bits per heavy atom. The van der Waals surface area contributed by atoms with E-state index in [9.17, 15) is 0 Å². The van der Waals surface area contributed by atoms with Crippen LogP contribution in [0.1, 0.15) is 39.0 Å². The van der Waals surface area contributed by atoms with Crippen molar-refractivity contribution in [1.82, 2.24) is 15.8 Å². The van der Waals surface area contributed by atoms with E-state index in [1.54, 1.807) is 0 Å². The molecule has 4 heteroatoms. The molecule has 0 atom stereocenters. The molecule has 0 aromatic carbocycles. The molecular weight excluding hydrogens is 194 g/mol. The van der Waals surface area contributed by atoms with Crippen LogP contribution in [0.4, 0.5) is 0 Å². The third-order valence-electron chi connectivity index (χ3n) is 2.43. The number of nitrogens with one attached hydrogen (secondary N) is 2. The van der Waals surface area contributed by atoms with Crippen molar-refractivity contribution in [3.05, 3.63) is 0 Å². The average molecular weight is 215 g/mol. The van der Waals surface area contributed by atoms with E-state index < -0.39 is 0 Å². The van der Waals surface area contributed by atoms with E-state index in [0.29, 0.717) is 0 Å². The van der Waals surface area contributed by atoms with Crippen LogP contribution >= 0.6 is 12.2 Å². The molecule has 1 saturated heterocycles. The number of thiocarbonyl (C=S) groups is 1. The first-order valence-corrected chi connectivity index (χ1v) is 6.03. The van der Waals surface area contributed by atoms with Gasteiger partial charge in [0, 0.05) is 19.6 Å². The van der Waals surface area contributed by atoms with Gasteiger partial charge in [0.1, 0.15) is 0 Å². The van der Waals surface area contributed by atoms with Crippen molar-refractivity contribution in [1.29, 1.82) is 0 Å². The summed E-state index contributed by atoms with van der Waals surface area (Å²) in [4.78, 5) is 0. The molecule has 1 heterocycles. The maximum Gasteiger partial charge on any atom is 0.181 e. The van der Waals surface area contributed by atoms with Gasteiger partial charge >= 0.3 is 0 Å². The van der Waals surface area contributed by atoms with Gasteiger partial charge in [0.2, 0.25) is 0 Å². The standard InChI is InChI=1S/C10H21N3S/c1-2-3-7-11-10(14)12-13-8-5-4-6-9-13/h2-9H2,1H3,(H2,11,12,14). The van der Waals surface area contributed by atoms with Crippen LogP contribution in [0.5, 0.6) is 0 Å². The lowest BCUT2D eigenvalue weighted by molar-refractivity contribution is 0.193. The molecule has 0 unspecified atom stereocenters. The van der Waals surface area contributed by atoms with Crippen molar-refractivity contribution >= 4 is 17.3 Å². The zero-order valence-corrected chi connectivity index (χ0v) is 9.83. The summed E-state index contributed by atoms with van der Waals surface area (Å²) in [5.74, 6) is 0.